The minimum Gasteiger partial charge on any atom is -0.381 e. The van der Waals surface area contributed by atoms with Gasteiger partial charge in [-0.3, -0.25) is 10.1 Å². The van der Waals surface area contributed by atoms with E-state index >= 15 is 0 Å². The van der Waals surface area contributed by atoms with Crippen molar-refractivity contribution in [2.45, 2.75) is 6.54 Å². The molecule has 0 unspecified atom stereocenters. The number of benzene rings is 2. The molecule has 4 nitrogen and oxygen atoms in total. The Balaban J connectivity index is 1.74. The Morgan fingerprint density at radius 2 is 1.85 bits per heavy atom. The third-order valence-corrected chi connectivity index (χ3v) is 4.13. The first kappa shape index (κ1) is 12.6. The molecule has 0 spiro atoms. The lowest BCUT2D eigenvalue weighted by atomic mass is 10.2. The molecule has 20 heavy (non-hydrogen) atoms. The summed E-state index contributed by atoms with van der Waals surface area (Å²) < 4.78 is 1.27. The minimum absolute atomic E-state index is 0.108. The first-order chi connectivity index (χ1) is 9.74. The van der Waals surface area contributed by atoms with Crippen LogP contribution in [0.15, 0.2) is 53.9 Å². The Morgan fingerprint density at radius 3 is 2.60 bits per heavy atom. The second-order valence-electron chi connectivity index (χ2n) is 4.41. The van der Waals surface area contributed by atoms with Gasteiger partial charge >= 0.3 is 0 Å². The largest absolute Gasteiger partial charge is 0.381 e. The molecule has 100 valence electrons. The van der Waals surface area contributed by atoms with Crippen molar-refractivity contribution in [3.8, 4) is 0 Å². The van der Waals surface area contributed by atoms with Crippen LogP contribution >= 0.6 is 11.3 Å². The first-order valence-corrected chi connectivity index (χ1v) is 7.05. The number of nitro benzene ring substituents is 1. The second kappa shape index (κ2) is 5.30. The predicted octanol–water partition coefficient (Wildman–Crippen LogP) is 4.42. The minimum atomic E-state index is -0.393. The van der Waals surface area contributed by atoms with Crippen LogP contribution in [0.2, 0.25) is 0 Å². The summed E-state index contributed by atoms with van der Waals surface area (Å²) in [4.78, 5) is 10.2. The standard InChI is InChI=1S/C15H12N2O2S/c18-17(19)13-7-5-12(6-8-13)16-9-11-10-20-15-4-2-1-3-14(11)15/h1-8,10,16H,9H2. The number of non-ortho nitro benzene ring substituents is 1. The second-order valence-corrected chi connectivity index (χ2v) is 5.33. The van der Waals surface area contributed by atoms with E-state index in [1.54, 1.807) is 23.5 Å². The Bertz CT molecular complexity index is 750. The number of nitrogens with one attached hydrogen (secondary N) is 1. The molecule has 0 amide bonds. The summed E-state index contributed by atoms with van der Waals surface area (Å²) in [5, 5.41) is 17.3. The van der Waals surface area contributed by atoms with E-state index in [1.165, 1.54) is 27.8 Å². The molecule has 2 aromatic carbocycles. The Kier molecular flexibility index (Phi) is 3.35. The molecule has 0 aliphatic rings. The fourth-order valence-electron chi connectivity index (χ4n) is 2.07. The number of fused-ring (bicyclic) bond motifs is 1. The summed E-state index contributed by atoms with van der Waals surface area (Å²) in [6, 6.07) is 14.8. The lowest BCUT2D eigenvalue weighted by molar-refractivity contribution is -0.384. The summed E-state index contributed by atoms with van der Waals surface area (Å²) in [6.45, 7) is 0.710. The van der Waals surface area contributed by atoms with Crippen LogP contribution in [0.4, 0.5) is 11.4 Å². The summed E-state index contributed by atoms with van der Waals surface area (Å²) in [5.41, 5.74) is 2.23. The monoisotopic (exact) mass is 284 g/mol. The van der Waals surface area contributed by atoms with Gasteiger partial charge in [0, 0.05) is 29.1 Å². The maximum absolute atomic E-state index is 10.6. The van der Waals surface area contributed by atoms with Crippen molar-refractivity contribution in [2.24, 2.45) is 0 Å². The van der Waals surface area contributed by atoms with Crippen molar-refractivity contribution in [2.75, 3.05) is 5.32 Å². The zero-order chi connectivity index (χ0) is 13.9. The average molecular weight is 284 g/mol. The summed E-state index contributed by atoms with van der Waals surface area (Å²) in [5.74, 6) is 0. The van der Waals surface area contributed by atoms with E-state index in [-0.39, 0.29) is 5.69 Å². The Morgan fingerprint density at radius 1 is 1.10 bits per heavy atom. The van der Waals surface area contributed by atoms with Gasteiger partial charge in [0.05, 0.1) is 4.92 Å². The van der Waals surface area contributed by atoms with Crippen LogP contribution in [0.5, 0.6) is 0 Å². The van der Waals surface area contributed by atoms with Crippen LogP contribution in [0.3, 0.4) is 0 Å². The van der Waals surface area contributed by atoms with Gasteiger partial charge in [0.1, 0.15) is 0 Å². The number of rotatable bonds is 4. The number of hydrogen-bond acceptors (Lipinski definition) is 4. The molecule has 0 atom stereocenters. The maximum atomic E-state index is 10.6. The normalized spacial score (nSPS) is 10.6. The molecule has 0 aliphatic heterocycles. The van der Waals surface area contributed by atoms with E-state index in [0.717, 1.165) is 5.69 Å². The van der Waals surface area contributed by atoms with Gasteiger partial charge in [0.15, 0.2) is 0 Å². The number of anilines is 1. The number of nitro groups is 1. The van der Waals surface area contributed by atoms with Gasteiger partial charge in [-0.05, 0) is 34.5 Å². The van der Waals surface area contributed by atoms with Gasteiger partial charge in [-0.15, -0.1) is 11.3 Å². The van der Waals surface area contributed by atoms with Gasteiger partial charge < -0.3 is 5.32 Å². The van der Waals surface area contributed by atoms with Crippen molar-refractivity contribution < 1.29 is 4.92 Å². The Labute approximate surface area is 119 Å². The third-order valence-electron chi connectivity index (χ3n) is 3.12. The van der Waals surface area contributed by atoms with E-state index in [9.17, 15) is 10.1 Å². The first-order valence-electron chi connectivity index (χ1n) is 6.17. The Hall–Kier alpha value is -2.40. The van der Waals surface area contributed by atoms with Crippen molar-refractivity contribution in [3.63, 3.8) is 0 Å². The van der Waals surface area contributed by atoms with E-state index in [2.05, 4.69) is 22.8 Å². The number of hydrogen-bond donors (Lipinski definition) is 1. The van der Waals surface area contributed by atoms with Crippen LogP contribution in [-0.4, -0.2) is 4.92 Å². The van der Waals surface area contributed by atoms with Crippen LogP contribution in [0, 0.1) is 10.1 Å². The lowest BCUT2D eigenvalue weighted by Gasteiger charge is -2.05. The molecule has 1 aromatic heterocycles. The lowest BCUT2D eigenvalue weighted by Crippen LogP contribution is -1.98. The van der Waals surface area contributed by atoms with Gasteiger partial charge in [-0.2, -0.15) is 0 Å². The van der Waals surface area contributed by atoms with E-state index in [1.807, 2.05) is 12.1 Å². The summed E-state index contributed by atoms with van der Waals surface area (Å²) >= 11 is 1.73. The van der Waals surface area contributed by atoms with Crippen LogP contribution in [-0.2, 0) is 6.54 Å². The van der Waals surface area contributed by atoms with Gasteiger partial charge in [0.25, 0.3) is 5.69 Å². The highest BCUT2D eigenvalue weighted by Gasteiger charge is 2.05. The summed E-state index contributed by atoms with van der Waals surface area (Å²) in [7, 11) is 0. The molecule has 0 bridgehead atoms. The highest BCUT2D eigenvalue weighted by Crippen LogP contribution is 2.26. The maximum Gasteiger partial charge on any atom is 0.269 e. The molecule has 1 N–H and O–H groups in total. The van der Waals surface area contributed by atoms with E-state index in [0.29, 0.717) is 6.54 Å². The fourth-order valence-corrected chi connectivity index (χ4v) is 3.03. The molecule has 0 saturated heterocycles. The molecule has 0 radical (unpaired) electrons. The molecule has 0 saturated carbocycles. The predicted molar refractivity (Wildman–Crippen MR) is 82.2 cm³/mol. The molecule has 1 heterocycles. The van der Waals surface area contributed by atoms with Gasteiger partial charge in [0.2, 0.25) is 0 Å². The highest BCUT2D eigenvalue weighted by molar-refractivity contribution is 7.17. The smallest absolute Gasteiger partial charge is 0.269 e. The molecule has 0 aliphatic carbocycles. The zero-order valence-corrected chi connectivity index (χ0v) is 11.4. The van der Waals surface area contributed by atoms with Crippen molar-refractivity contribution in [3.05, 3.63) is 69.6 Å². The number of thiophene rings is 1. The van der Waals surface area contributed by atoms with Crippen LogP contribution < -0.4 is 5.32 Å². The molecule has 5 heteroatoms. The molecular weight excluding hydrogens is 272 g/mol. The van der Waals surface area contributed by atoms with Gasteiger partial charge in [-0.25, -0.2) is 0 Å². The topological polar surface area (TPSA) is 55.2 Å². The molecule has 3 aromatic rings. The molecule has 0 fully saturated rings. The van der Waals surface area contributed by atoms with Crippen molar-refractivity contribution in [1.29, 1.82) is 0 Å². The highest BCUT2D eigenvalue weighted by atomic mass is 32.1. The quantitative estimate of drug-likeness (QED) is 0.570. The fraction of sp³-hybridized carbons (Fsp3) is 0.0667. The molecule has 3 rings (SSSR count). The van der Waals surface area contributed by atoms with Crippen molar-refractivity contribution >= 4 is 32.8 Å². The van der Waals surface area contributed by atoms with Crippen LogP contribution in [0.1, 0.15) is 5.56 Å². The zero-order valence-electron chi connectivity index (χ0n) is 10.6. The SMILES string of the molecule is O=[N+]([O-])c1ccc(NCc2csc3ccccc23)cc1. The van der Waals surface area contributed by atoms with Gasteiger partial charge in [-0.1, -0.05) is 18.2 Å². The average Bonchev–Trinajstić information content (AvgIpc) is 2.89. The number of nitrogens with zero attached hydrogens (tertiary/aromatic N) is 1. The van der Waals surface area contributed by atoms with Crippen molar-refractivity contribution in [1.82, 2.24) is 0 Å². The third kappa shape index (κ3) is 2.48. The van der Waals surface area contributed by atoms with E-state index in [4.69, 9.17) is 0 Å². The summed E-state index contributed by atoms with van der Waals surface area (Å²) in [6.07, 6.45) is 0. The van der Waals surface area contributed by atoms with Crippen LogP contribution in [0.25, 0.3) is 10.1 Å². The van der Waals surface area contributed by atoms with E-state index < -0.39 is 4.92 Å². The molecular formula is C15H12N2O2S.